The van der Waals surface area contributed by atoms with Crippen LogP contribution in [0.3, 0.4) is 0 Å². The Labute approximate surface area is 188 Å². The Bertz CT molecular complexity index is 1380. The molecule has 0 saturated heterocycles. The molecule has 0 aliphatic carbocycles. The summed E-state index contributed by atoms with van der Waals surface area (Å²) in [7, 11) is -3.71. The first kappa shape index (κ1) is 20.5. The summed E-state index contributed by atoms with van der Waals surface area (Å²) in [5.74, 6) is 0.782. The second-order valence-corrected chi connectivity index (χ2v) is 10.2. The van der Waals surface area contributed by atoms with Crippen LogP contribution in [0.4, 0.5) is 0 Å². The van der Waals surface area contributed by atoms with Gasteiger partial charge in [0.1, 0.15) is 13.2 Å². The van der Waals surface area contributed by atoms with Gasteiger partial charge in [0.05, 0.1) is 19.4 Å². The number of benzene rings is 2. The Balaban J connectivity index is 1.29. The zero-order valence-corrected chi connectivity index (χ0v) is 18.4. The lowest BCUT2D eigenvalue weighted by Crippen LogP contribution is -2.21. The monoisotopic (exact) mass is 466 g/mol. The Morgan fingerprint density at radius 2 is 1.72 bits per heavy atom. The van der Waals surface area contributed by atoms with Crippen LogP contribution < -0.4 is 14.8 Å². The van der Waals surface area contributed by atoms with Crippen LogP contribution in [0, 0.1) is 0 Å². The fourth-order valence-corrected chi connectivity index (χ4v) is 5.60. The maximum absolute atomic E-state index is 13.0. The normalized spacial score (nSPS) is 13.1. The van der Waals surface area contributed by atoms with Gasteiger partial charge in [-0.2, -0.15) is 0 Å². The van der Waals surface area contributed by atoms with Crippen molar-refractivity contribution in [1.29, 1.82) is 0 Å². The first-order chi connectivity index (χ1) is 15.5. The Kier molecular flexibility index (Phi) is 5.28. The highest BCUT2D eigenvalue weighted by molar-refractivity contribution is 7.91. The number of hydrogen-bond acceptors (Lipinski definition) is 7. The third-order valence-electron chi connectivity index (χ3n) is 5.06. The topological polar surface area (TPSA) is 94.6 Å². The molecule has 0 spiro atoms. The lowest BCUT2D eigenvalue weighted by atomic mass is 10.2. The van der Waals surface area contributed by atoms with Crippen LogP contribution in [0.1, 0.15) is 15.2 Å². The van der Waals surface area contributed by atoms with E-state index in [1.165, 1.54) is 23.5 Å². The number of sulfone groups is 1. The maximum Gasteiger partial charge on any atom is 0.261 e. The van der Waals surface area contributed by atoms with E-state index < -0.39 is 9.84 Å². The first-order valence-corrected chi connectivity index (χ1v) is 12.2. The van der Waals surface area contributed by atoms with Gasteiger partial charge in [-0.05, 0) is 47.3 Å². The highest BCUT2D eigenvalue weighted by Gasteiger charge is 2.21. The van der Waals surface area contributed by atoms with E-state index >= 15 is 0 Å². The zero-order valence-electron chi connectivity index (χ0n) is 16.8. The molecule has 0 radical (unpaired) electrons. The number of ether oxygens (including phenoxy) is 2. The molecular formula is C23H18N2O5S2. The molecule has 162 valence electrons. The molecule has 4 aromatic rings. The molecule has 2 aromatic carbocycles. The number of nitrogens with one attached hydrogen (secondary N) is 1. The van der Waals surface area contributed by atoms with Crippen molar-refractivity contribution >= 4 is 37.2 Å². The van der Waals surface area contributed by atoms with Gasteiger partial charge < -0.3 is 14.8 Å². The molecule has 5 rings (SSSR count). The van der Waals surface area contributed by atoms with Crippen molar-refractivity contribution in [2.45, 2.75) is 16.3 Å². The molecule has 0 unspecified atom stereocenters. The van der Waals surface area contributed by atoms with Crippen LogP contribution in [-0.4, -0.2) is 32.5 Å². The van der Waals surface area contributed by atoms with Crippen LogP contribution in [0.25, 0.3) is 10.1 Å². The molecule has 9 heteroatoms. The summed E-state index contributed by atoms with van der Waals surface area (Å²) in [4.78, 5) is 17.5. The average molecular weight is 467 g/mol. The second kappa shape index (κ2) is 8.25. The number of rotatable bonds is 5. The molecule has 7 nitrogen and oxygen atoms in total. The second-order valence-electron chi connectivity index (χ2n) is 7.16. The molecule has 1 aliphatic heterocycles. The standard InChI is InChI=1S/C23H18N2O5S2/c26-23(21-11-16-7-8-24-14-22(16)31-21)25-13-15-1-3-17(4-2-15)32(27,28)18-5-6-19-20(12-18)30-10-9-29-19/h1-8,11-12,14H,9-10,13H2,(H,25,26). The number of pyridine rings is 1. The van der Waals surface area contributed by atoms with Gasteiger partial charge in [0.2, 0.25) is 9.84 Å². The first-order valence-electron chi connectivity index (χ1n) is 9.86. The molecule has 32 heavy (non-hydrogen) atoms. The fourth-order valence-electron chi connectivity index (χ4n) is 3.38. The van der Waals surface area contributed by atoms with E-state index in [0.717, 1.165) is 15.6 Å². The molecule has 1 N–H and O–H groups in total. The Morgan fingerprint density at radius 1 is 0.969 bits per heavy atom. The van der Waals surface area contributed by atoms with E-state index in [1.807, 2.05) is 12.1 Å². The van der Waals surface area contributed by atoms with Crippen LogP contribution in [0.5, 0.6) is 11.5 Å². The van der Waals surface area contributed by atoms with Crippen molar-refractivity contribution < 1.29 is 22.7 Å². The molecule has 0 bridgehead atoms. The van der Waals surface area contributed by atoms with E-state index in [0.29, 0.717) is 29.6 Å². The minimum absolute atomic E-state index is 0.141. The summed E-state index contributed by atoms with van der Waals surface area (Å²) in [6.45, 7) is 1.11. The molecule has 0 fully saturated rings. The van der Waals surface area contributed by atoms with Crippen molar-refractivity contribution in [1.82, 2.24) is 10.3 Å². The van der Waals surface area contributed by atoms with Gasteiger partial charge in [0.25, 0.3) is 5.91 Å². The van der Waals surface area contributed by atoms with Crippen molar-refractivity contribution in [2.75, 3.05) is 13.2 Å². The van der Waals surface area contributed by atoms with Crippen molar-refractivity contribution in [3.05, 3.63) is 77.4 Å². The van der Waals surface area contributed by atoms with Crippen molar-refractivity contribution in [3.63, 3.8) is 0 Å². The summed E-state index contributed by atoms with van der Waals surface area (Å²) in [5.41, 5.74) is 0.794. The number of carbonyl (C=O) groups is 1. The van der Waals surface area contributed by atoms with E-state index in [2.05, 4.69) is 10.3 Å². The number of amides is 1. The third kappa shape index (κ3) is 3.92. The number of thiophene rings is 1. The molecule has 0 saturated carbocycles. The minimum Gasteiger partial charge on any atom is -0.486 e. The summed E-state index contributed by atoms with van der Waals surface area (Å²) in [6.07, 6.45) is 3.43. The number of nitrogens with zero attached hydrogens (tertiary/aromatic N) is 1. The Hall–Kier alpha value is -3.43. The summed E-state index contributed by atoms with van der Waals surface area (Å²) < 4.78 is 37.9. The lowest BCUT2D eigenvalue weighted by Gasteiger charge is -2.18. The quantitative estimate of drug-likeness (QED) is 0.480. The number of aromatic nitrogens is 1. The van der Waals surface area contributed by atoms with E-state index in [-0.39, 0.29) is 22.2 Å². The van der Waals surface area contributed by atoms with E-state index in [1.54, 1.807) is 42.7 Å². The smallest absolute Gasteiger partial charge is 0.261 e. The highest BCUT2D eigenvalue weighted by atomic mass is 32.2. The molecule has 1 amide bonds. The number of carbonyl (C=O) groups excluding carboxylic acids is 1. The third-order valence-corrected chi connectivity index (χ3v) is 7.91. The van der Waals surface area contributed by atoms with Gasteiger partial charge in [-0.1, -0.05) is 12.1 Å². The van der Waals surface area contributed by atoms with Crippen molar-refractivity contribution in [2.24, 2.45) is 0 Å². The molecule has 0 atom stereocenters. The zero-order chi connectivity index (χ0) is 22.1. The van der Waals surface area contributed by atoms with Gasteiger partial charge >= 0.3 is 0 Å². The predicted octanol–water partition coefficient (Wildman–Crippen LogP) is 3.83. The lowest BCUT2D eigenvalue weighted by molar-refractivity contribution is 0.0955. The maximum atomic E-state index is 13.0. The number of hydrogen-bond donors (Lipinski definition) is 1. The summed E-state index contributed by atoms with van der Waals surface area (Å²) in [6, 6.07) is 14.8. The van der Waals surface area contributed by atoms with Gasteiger partial charge in [-0.3, -0.25) is 9.78 Å². The van der Waals surface area contributed by atoms with Crippen molar-refractivity contribution in [3.8, 4) is 11.5 Å². The largest absolute Gasteiger partial charge is 0.486 e. The van der Waals surface area contributed by atoms with Gasteiger partial charge in [0, 0.05) is 25.0 Å². The minimum atomic E-state index is -3.71. The Morgan fingerprint density at radius 3 is 2.50 bits per heavy atom. The molecule has 1 aliphatic rings. The van der Waals surface area contributed by atoms with E-state index in [4.69, 9.17) is 9.47 Å². The van der Waals surface area contributed by atoms with Crippen LogP contribution in [-0.2, 0) is 16.4 Å². The predicted molar refractivity (Wildman–Crippen MR) is 120 cm³/mol. The molecule has 3 heterocycles. The van der Waals surface area contributed by atoms with Gasteiger partial charge in [-0.25, -0.2) is 8.42 Å². The highest BCUT2D eigenvalue weighted by Crippen LogP contribution is 2.34. The summed E-state index contributed by atoms with van der Waals surface area (Å²) >= 11 is 1.38. The van der Waals surface area contributed by atoms with Crippen LogP contribution in [0.15, 0.2) is 76.8 Å². The SMILES string of the molecule is O=C(NCc1ccc(S(=O)(=O)c2ccc3c(c2)OCCO3)cc1)c1cc2ccncc2s1. The van der Waals surface area contributed by atoms with Crippen LogP contribution in [0.2, 0.25) is 0 Å². The van der Waals surface area contributed by atoms with E-state index in [9.17, 15) is 13.2 Å². The van der Waals surface area contributed by atoms with Gasteiger partial charge in [-0.15, -0.1) is 11.3 Å². The van der Waals surface area contributed by atoms with Gasteiger partial charge in [0.15, 0.2) is 11.5 Å². The molecular weight excluding hydrogens is 448 g/mol. The average Bonchev–Trinajstić information content (AvgIpc) is 3.27. The van der Waals surface area contributed by atoms with Crippen LogP contribution >= 0.6 is 11.3 Å². The number of fused-ring (bicyclic) bond motifs is 2. The molecule has 2 aromatic heterocycles. The summed E-state index contributed by atoms with van der Waals surface area (Å²) in [5, 5.41) is 3.85. The fraction of sp³-hybridized carbons (Fsp3) is 0.130.